The summed E-state index contributed by atoms with van der Waals surface area (Å²) < 4.78 is 0. The summed E-state index contributed by atoms with van der Waals surface area (Å²) in [4.78, 5) is 12.4. The lowest BCUT2D eigenvalue weighted by Gasteiger charge is -2.22. The maximum atomic E-state index is 4.50. The third-order valence-electron chi connectivity index (χ3n) is 3.10. The summed E-state index contributed by atoms with van der Waals surface area (Å²) >= 11 is 1.78. The monoisotopic (exact) mass is 290 g/mol. The Morgan fingerprint density at radius 3 is 2.80 bits per heavy atom. The molecule has 0 fully saturated rings. The van der Waals surface area contributed by atoms with Crippen LogP contribution in [0.15, 0.2) is 23.8 Å². The predicted molar refractivity (Wildman–Crippen MR) is 86.6 cm³/mol. The summed E-state index contributed by atoms with van der Waals surface area (Å²) in [6.07, 6.45) is 3.73. The molecule has 0 amide bonds. The van der Waals surface area contributed by atoms with Crippen LogP contribution < -0.4 is 10.2 Å². The maximum Gasteiger partial charge on any atom is 0.137 e. The molecule has 5 heteroatoms. The van der Waals surface area contributed by atoms with Crippen molar-refractivity contribution in [3.8, 4) is 0 Å². The van der Waals surface area contributed by atoms with Gasteiger partial charge in [-0.05, 0) is 24.8 Å². The lowest BCUT2D eigenvalue weighted by atomic mass is 10.1. The van der Waals surface area contributed by atoms with Crippen LogP contribution in [0.1, 0.15) is 30.7 Å². The van der Waals surface area contributed by atoms with Crippen molar-refractivity contribution in [2.45, 2.75) is 33.2 Å². The van der Waals surface area contributed by atoms with Gasteiger partial charge in [-0.3, -0.25) is 0 Å². The van der Waals surface area contributed by atoms with E-state index < -0.39 is 0 Å². The third kappa shape index (κ3) is 3.48. The molecule has 0 atom stereocenters. The normalized spacial score (nSPS) is 10.6. The SMILES string of the molecule is CCCc1c(NCC)ncnc1N(C)Cc1cccs1. The van der Waals surface area contributed by atoms with Gasteiger partial charge >= 0.3 is 0 Å². The lowest BCUT2D eigenvalue weighted by Crippen LogP contribution is -2.20. The average Bonchev–Trinajstić information content (AvgIpc) is 2.94. The molecule has 2 aromatic heterocycles. The van der Waals surface area contributed by atoms with E-state index in [0.29, 0.717) is 0 Å². The molecule has 0 spiro atoms. The van der Waals surface area contributed by atoms with Gasteiger partial charge in [-0.1, -0.05) is 19.4 Å². The van der Waals surface area contributed by atoms with Crippen LogP contribution in [0.3, 0.4) is 0 Å². The molecule has 0 bridgehead atoms. The fourth-order valence-electron chi connectivity index (χ4n) is 2.24. The van der Waals surface area contributed by atoms with Crippen LogP contribution in [-0.2, 0) is 13.0 Å². The molecule has 0 radical (unpaired) electrons. The third-order valence-corrected chi connectivity index (χ3v) is 3.96. The van der Waals surface area contributed by atoms with E-state index in [0.717, 1.165) is 37.6 Å². The van der Waals surface area contributed by atoms with Crippen LogP contribution in [0, 0.1) is 0 Å². The van der Waals surface area contributed by atoms with Gasteiger partial charge in [-0.2, -0.15) is 0 Å². The number of rotatable bonds is 7. The molecule has 0 unspecified atom stereocenters. The minimum absolute atomic E-state index is 0.877. The average molecular weight is 290 g/mol. The van der Waals surface area contributed by atoms with Gasteiger partial charge < -0.3 is 10.2 Å². The lowest BCUT2D eigenvalue weighted by molar-refractivity contribution is 0.848. The predicted octanol–water partition coefficient (Wildman–Crippen LogP) is 3.56. The Morgan fingerprint density at radius 2 is 2.15 bits per heavy atom. The molecule has 2 rings (SSSR count). The number of hydrogen-bond acceptors (Lipinski definition) is 5. The minimum atomic E-state index is 0.877. The van der Waals surface area contributed by atoms with Crippen LogP contribution >= 0.6 is 11.3 Å². The molecule has 0 saturated carbocycles. The van der Waals surface area contributed by atoms with E-state index in [1.807, 2.05) is 0 Å². The Bertz CT molecular complexity index is 525. The van der Waals surface area contributed by atoms with Crippen LogP contribution in [0.25, 0.3) is 0 Å². The zero-order valence-corrected chi connectivity index (χ0v) is 13.2. The summed E-state index contributed by atoms with van der Waals surface area (Å²) in [5.74, 6) is 2.00. The van der Waals surface area contributed by atoms with Gasteiger partial charge in [-0.15, -0.1) is 11.3 Å². The van der Waals surface area contributed by atoms with E-state index in [9.17, 15) is 0 Å². The molecule has 2 aromatic rings. The van der Waals surface area contributed by atoms with Crippen LogP contribution in [-0.4, -0.2) is 23.6 Å². The highest BCUT2D eigenvalue weighted by atomic mass is 32.1. The molecule has 4 nitrogen and oxygen atoms in total. The van der Waals surface area contributed by atoms with Crippen molar-refractivity contribution in [2.24, 2.45) is 0 Å². The molecule has 0 saturated heterocycles. The molecule has 0 aliphatic carbocycles. The molecule has 20 heavy (non-hydrogen) atoms. The number of aromatic nitrogens is 2. The first-order valence-corrected chi connectivity index (χ1v) is 7.95. The molecule has 2 heterocycles. The first-order valence-electron chi connectivity index (χ1n) is 7.07. The summed E-state index contributed by atoms with van der Waals surface area (Å²) in [6, 6.07) is 4.25. The van der Waals surface area contributed by atoms with Crippen LogP contribution in [0.5, 0.6) is 0 Å². The minimum Gasteiger partial charge on any atom is -0.370 e. The Hall–Kier alpha value is -1.62. The van der Waals surface area contributed by atoms with Gasteiger partial charge in [-0.25, -0.2) is 9.97 Å². The molecule has 108 valence electrons. The Labute approximate surface area is 124 Å². The first kappa shape index (κ1) is 14.8. The van der Waals surface area contributed by atoms with E-state index in [-0.39, 0.29) is 0 Å². The first-order chi connectivity index (χ1) is 9.76. The van der Waals surface area contributed by atoms with Gasteiger partial charge in [0.1, 0.15) is 18.0 Å². The fraction of sp³-hybridized carbons (Fsp3) is 0.467. The molecule has 0 aliphatic heterocycles. The summed E-state index contributed by atoms with van der Waals surface area (Å²) in [6.45, 7) is 6.04. The van der Waals surface area contributed by atoms with Gasteiger partial charge in [0.05, 0.1) is 6.54 Å². The topological polar surface area (TPSA) is 41.1 Å². The second-order valence-corrected chi connectivity index (χ2v) is 5.77. The number of thiophene rings is 1. The second kappa shape index (κ2) is 7.24. The Kier molecular flexibility index (Phi) is 5.35. The number of nitrogens with zero attached hydrogens (tertiary/aromatic N) is 3. The van der Waals surface area contributed by atoms with Crippen molar-refractivity contribution in [3.05, 3.63) is 34.3 Å². The zero-order valence-electron chi connectivity index (χ0n) is 12.4. The second-order valence-electron chi connectivity index (χ2n) is 4.74. The summed E-state index contributed by atoms with van der Waals surface area (Å²) in [5, 5.41) is 5.45. The maximum absolute atomic E-state index is 4.50. The highest BCUT2D eigenvalue weighted by Gasteiger charge is 2.14. The number of nitrogens with one attached hydrogen (secondary N) is 1. The molecule has 0 aliphatic rings. The summed E-state index contributed by atoms with van der Waals surface area (Å²) in [7, 11) is 2.09. The molecule has 0 aromatic carbocycles. The van der Waals surface area contributed by atoms with Crippen molar-refractivity contribution in [1.29, 1.82) is 0 Å². The Morgan fingerprint density at radius 1 is 1.30 bits per heavy atom. The summed E-state index contributed by atoms with van der Waals surface area (Å²) in [5.41, 5.74) is 1.22. The molecule has 1 N–H and O–H groups in total. The van der Waals surface area contributed by atoms with E-state index in [4.69, 9.17) is 0 Å². The van der Waals surface area contributed by atoms with Gasteiger partial charge in [0.2, 0.25) is 0 Å². The smallest absolute Gasteiger partial charge is 0.137 e. The highest BCUT2D eigenvalue weighted by Crippen LogP contribution is 2.26. The molecular weight excluding hydrogens is 268 g/mol. The van der Waals surface area contributed by atoms with E-state index in [1.165, 1.54) is 10.4 Å². The van der Waals surface area contributed by atoms with Gasteiger partial charge in [0.25, 0.3) is 0 Å². The van der Waals surface area contributed by atoms with E-state index in [2.05, 4.69) is 58.6 Å². The van der Waals surface area contributed by atoms with Crippen molar-refractivity contribution < 1.29 is 0 Å². The quantitative estimate of drug-likeness (QED) is 0.846. The molecular formula is C15H22N4S. The Balaban J connectivity index is 2.26. The van der Waals surface area contributed by atoms with Crippen molar-refractivity contribution in [2.75, 3.05) is 23.8 Å². The van der Waals surface area contributed by atoms with Crippen LogP contribution in [0.2, 0.25) is 0 Å². The number of hydrogen-bond donors (Lipinski definition) is 1. The highest BCUT2D eigenvalue weighted by molar-refractivity contribution is 7.09. The van der Waals surface area contributed by atoms with Gasteiger partial charge in [0, 0.05) is 24.0 Å². The number of anilines is 2. The van der Waals surface area contributed by atoms with Crippen LogP contribution in [0.4, 0.5) is 11.6 Å². The standard InChI is InChI=1S/C15H22N4S/c1-4-7-13-14(16-5-2)17-11-18-15(13)19(3)10-12-8-6-9-20-12/h6,8-9,11H,4-5,7,10H2,1-3H3,(H,16,17,18). The zero-order chi connectivity index (χ0) is 14.4. The van der Waals surface area contributed by atoms with E-state index in [1.54, 1.807) is 17.7 Å². The van der Waals surface area contributed by atoms with Crippen molar-refractivity contribution in [1.82, 2.24) is 9.97 Å². The van der Waals surface area contributed by atoms with Gasteiger partial charge in [0.15, 0.2) is 0 Å². The van der Waals surface area contributed by atoms with E-state index >= 15 is 0 Å². The fourth-order valence-corrected chi connectivity index (χ4v) is 3.00. The van der Waals surface area contributed by atoms with Crippen molar-refractivity contribution in [3.63, 3.8) is 0 Å². The van der Waals surface area contributed by atoms with Crippen molar-refractivity contribution >= 4 is 23.0 Å². The largest absolute Gasteiger partial charge is 0.370 e.